The lowest BCUT2D eigenvalue weighted by Crippen LogP contribution is -2.52. The summed E-state index contributed by atoms with van der Waals surface area (Å²) in [6.07, 6.45) is 5.82. The molecule has 1 saturated carbocycles. The molecule has 0 radical (unpaired) electrons. The maximum atomic E-state index is 12.4. The van der Waals surface area contributed by atoms with E-state index in [0.717, 1.165) is 19.3 Å². The lowest BCUT2D eigenvalue weighted by Gasteiger charge is -2.40. The van der Waals surface area contributed by atoms with Crippen LogP contribution in [0.3, 0.4) is 0 Å². The fraction of sp³-hybridized carbons (Fsp3) is 0.538. The predicted octanol–water partition coefficient (Wildman–Crippen LogP) is 1.84. The number of hydrogen-bond donors (Lipinski definition) is 0. The van der Waals surface area contributed by atoms with E-state index in [-0.39, 0.29) is 11.9 Å². The van der Waals surface area contributed by atoms with Crippen LogP contribution >= 0.6 is 0 Å². The van der Waals surface area contributed by atoms with Gasteiger partial charge in [-0.3, -0.25) is 4.79 Å². The van der Waals surface area contributed by atoms with Gasteiger partial charge in [0.1, 0.15) is 12.3 Å². The van der Waals surface area contributed by atoms with Gasteiger partial charge in [-0.1, -0.05) is 0 Å². The van der Waals surface area contributed by atoms with Gasteiger partial charge in [0.05, 0.1) is 18.9 Å². The van der Waals surface area contributed by atoms with Crippen molar-refractivity contribution in [2.45, 2.75) is 38.3 Å². The van der Waals surface area contributed by atoms with E-state index >= 15 is 0 Å². The second-order valence-electron chi connectivity index (χ2n) is 4.51. The Balaban J connectivity index is 2.19. The maximum Gasteiger partial charge on any atom is 0.328 e. The lowest BCUT2D eigenvalue weighted by atomic mass is 9.90. The molecule has 1 heterocycles. The van der Waals surface area contributed by atoms with Crippen molar-refractivity contribution in [3.63, 3.8) is 0 Å². The van der Waals surface area contributed by atoms with Crippen molar-refractivity contribution in [2.75, 3.05) is 7.11 Å². The van der Waals surface area contributed by atoms with E-state index in [1.165, 1.54) is 19.6 Å². The molecule has 1 aromatic rings. The van der Waals surface area contributed by atoms with Crippen molar-refractivity contribution < 1.29 is 18.7 Å². The quantitative estimate of drug-likeness (QED) is 0.766. The first-order chi connectivity index (χ1) is 8.65. The van der Waals surface area contributed by atoms with Crippen LogP contribution in [0.5, 0.6) is 0 Å². The fourth-order valence-corrected chi connectivity index (χ4v) is 2.14. The highest BCUT2D eigenvalue weighted by molar-refractivity contribution is 5.96. The highest BCUT2D eigenvalue weighted by Gasteiger charge is 2.36. The monoisotopic (exact) mass is 251 g/mol. The number of amides is 1. The molecule has 2 rings (SSSR count). The number of rotatable bonds is 4. The van der Waals surface area contributed by atoms with E-state index in [9.17, 15) is 9.59 Å². The van der Waals surface area contributed by atoms with Gasteiger partial charge in [-0.25, -0.2) is 4.79 Å². The minimum absolute atomic E-state index is 0.126. The predicted molar refractivity (Wildman–Crippen MR) is 64.0 cm³/mol. The molecule has 0 N–H and O–H groups in total. The van der Waals surface area contributed by atoms with Gasteiger partial charge in [-0.15, -0.1) is 0 Å². The largest absolute Gasteiger partial charge is 0.472 e. The van der Waals surface area contributed by atoms with Crippen LogP contribution < -0.4 is 0 Å². The Bertz CT molecular complexity index is 422. The summed E-state index contributed by atoms with van der Waals surface area (Å²) < 4.78 is 9.64. The van der Waals surface area contributed by atoms with Gasteiger partial charge in [0.2, 0.25) is 0 Å². The number of nitrogens with zero attached hydrogens (tertiary/aromatic N) is 1. The molecule has 1 aliphatic carbocycles. The molecular formula is C13H17NO4. The summed E-state index contributed by atoms with van der Waals surface area (Å²) in [5.41, 5.74) is 0.470. The van der Waals surface area contributed by atoms with Gasteiger partial charge in [-0.05, 0) is 32.3 Å². The first-order valence-corrected chi connectivity index (χ1v) is 6.08. The molecule has 5 heteroatoms. The van der Waals surface area contributed by atoms with E-state index < -0.39 is 12.0 Å². The Morgan fingerprint density at radius 2 is 2.22 bits per heavy atom. The number of carbonyl (C=O) groups is 2. The van der Waals surface area contributed by atoms with Gasteiger partial charge in [0.25, 0.3) is 5.91 Å². The summed E-state index contributed by atoms with van der Waals surface area (Å²) in [5, 5.41) is 0. The molecule has 0 saturated heterocycles. The molecule has 98 valence electrons. The van der Waals surface area contributed by atoms with Gasteiger partial charge < -0.3 is 14.1 Å². The zero-order chi connectivity index (χ0) is 13.1. The van der Waals surface area contributed by atoms with Gasteiger partial charge in [-0.2, -0.15) is 0 Å². The molecule has 18 heavy (non-hydrogen) atoms. The van der Waals surface area contributed by atoms with Crippen molar-refractivity contribution in [1.82, 2.24) is 4.90 Å². The number of furan rings is 1. The Morgan fingerprint density at radius 1 is 1.50 bits per heavy atom. The van der Waals surface area contributed by atoms with Crippen LogP contribution in [-0.2, 0) is 9.53 Å². The first-order valence-electron chi connectivity index (χ1n) is 6.08. The number of hydrogen-bond acceptors (Lipinski definition) is 4. The first kappa shape index (κ1) is 12.7. The van der Waals surface area contributed by atoms with Crippen molar-refractivity contribution in [1.29, 1.82) is 0 Å². The van der Waals surface area contributed by atoms with E-state index in [1.54, 1.807) is 17.9 Å². The molecule has 1 atom stereocenters. The molecule has 0 spiro atoms. The topological polar surface area (TPSA) is 59.8 Å². The Labute approximate surface area is 106 Å². The number of carbonyl (C=O) groups excluding carboxylic acids is 2. The highest BCUT2D eigenvalue weighted by Crippen LogP contribution is 2.28. The highest BCUT2D eigenvalue weighted by atomic mass is 16.5. The Hall–Kier alpha value is -1.78. The van der Waals surface area contributed by atoms with Crippen LogP contribution in [0.15, 0.2) is 23.0 Å². The molecule has 0 unspecified atom stereocenters. The third kappa shape index (κ3) is 2.25. The summed E-state index contributed by atoms with van der Waals surface area (Å²) in [6, 6.07) is 1.17. The summed E-state index contributed by atoms with van der Waals surface area (Å²) in [6.45, 7) is 1.70. The molecule has 0 aromatic carbocycles. The van der Waals surface area contributed by atoms with Crippen molar-refractivity contribution >= 4 is 11.9 Å². The summed E-state index contributed by atoms with van der Waals surface area (Å²) >= 11 is 0. The molecule has 1 fully saturated rings. The van der Waals surface area contributed by atoms with E-state index in [0.29, 0.717) is 5.56 Å². The van der Waals surface area contributed by atoms with E-state index in [1.807, 2.05) is 0 Å². The average molecular weight is 251 g/mol. The molecule has 1 aromatic heterocycles. The number of ether oxygens (including phenoxy) is 1. The van der Waals surface area contributed by atoms with E-state index in [2.05, 4.69) is 0 Å². The van der Waals surface area contributed by atoms with Crippen LogP contribution in [0.4, 0.5) is 0 Å². The molecule has 5 nitrogen and oxygen atoms in total. The van der Waals surface area contributed by atoms with Crippen LogP contribution in [0.25, 0.3) is 0 Å². The lowest BCUT2D eigenvalue weighted by molar-refractivity contribution is -0.146. The van der Waals surface area contributed by atoms with Crippen LogP contribution in [0, 0.1) is 0 Å². The molecular weight excluding hydrogens is 234 g/mol. The number of esters is 1. The minimum atomic E-state index is -0.567. The minimum Gasteiger partial charge on any atom is -0.472 e. The second-order valence-corrected chi connectivity index (χ2v) is 4.51. The fourth-order valence-electron chi connectivity index (χ4n) is 2.14. The molecule has 1 aliphatic rings. The summed E-state index contributed by atoms with van der Waals surface area (Å²) in [4.78, 5) is 25.6. The van der Waals surface area contributed by atoms with Crippen LogP contribution in [-0.4, -0.2) is 36.0 Å². The van der Waals surface area contributed by atoms with Gasteiger partial charge >= 0.3 is 5.97 Å². The van der Waals surface area contributed by atoms with Crippen LogP contribution in [0.1, 0.15) is 36.5 Å². The molecule has 0 aliphatic heterocycles. The third-order valence-electron chi connectivity index (χ3n) is 3.43. The average Bonchev–Trinajstić information content (AvgIpc) is 2.84. The van der Waals surface area contributed by atoms with Crippen LogP contribution in [0.2, 0.25) is 0 Å². The maximum absolute atomic E-state index is 12.4. The Kier molecular flexibility index (Phi) is 3.69. The smallest absolute Gasteiger partial charge is 0.328 e. The molecule has 0 bridgehead atoms. The standard InChI is InChI=1S/C13H17NO4/c1-9(13(16)17-2)14(11-4-3-5-11)12(15)10-6-7-18-8-10/h6-9,11H,3-5H2,1-2H3/t9-/m1/s1. The third-order valence-corrected chi connectivity index (χ3v) is 3.43. The SMILES string of the molecule is COC(=O)[C@@H](C)N(C(=O)c1ccoc1)C1CCC1. The van der Waals surface area contributed by atoms with Crippen molar-refractivity contribution in [3.8, 4) is 0 Å². The summed E-state index contributed by atoms with van der Waals surface area (Å²) in [5.74, 6) is -0.565. The zero-order valence-corrected chi connectivity index (χ0v) is 10.6. The number of methoxy groups -OCH3 is 1. The Morgan fingerprint density at radius 3 is 2.67 bits per heavy atom. The van der Waals surface area contributed by atoms with E-state index in [4.69, 9.17) is 9.15 Å². The van der Waals surface area contributed by atoms with Crippen molar-refractivity contribution in [2.24, 2.45) is 0 Å². The summed E-state index contributed by atoms with van der Waals surface area (Å²) in [7, 11) is 1.33. The van der Waals surface area contributed by atoms with Gasteiger partial charge in [0.15, 0.2) is 0 Å². The second kappa shape index (κ2) is 5.25. The normalized spacial score (nSPS) is 16.8. The van der Waals surface area contributed by atoms with Crippen molar-refractivity contribution in [3.05, 3.63) is 24.2 Å². The molecule has 1 amide bonds. The zero-order valence-electron chi connectivity index (χ0n) is 10.6. The van der Waals surface area contributed by atoms with Gasteiger partial charge in [0, 0.05) is 6.04 Å².